The number of aryl methyl sites for hydroxylation is 1. The van der Waals surface area contributed by atoms with Crippen molar-refractivity contribution in [3.8, 4) is 0 Å². The van der Waals surface area contributed by atoms with Crippen LogP contribution in [0.5, 0.6) is 0 Å². The molecule has 0 atom stereocenters. The van der Waals surface area contributed by atoms with Gasteiger partial charge in [-0.3, -0.25) is 4.79 Å². The highest BCUT2D eigenvalue weighted by molar-refractivity contribution is 9.10. The number of aromatic nitrogens is 2. The molecule has 0 unspecified atom stereocenters. The molecule has 6 heteroatoms. The third kappa shape index (κ3) is 4.12. The molecule has 0 bridgehead atoms. The molecule has 0 aliphatic rings. The molecule has 5 nitrogen and oxygen atoms in total. The average Bonchev–Trinajstić information content (AvgIpc) is 2.33. The van der Waals surface area contributed by atoms with E-state index in [9.17, 15) is 4.79 Å². The quantitative estimate of drug-likeness (QED) is 0.781. The van der Waals surface area contributed by atoms with E-state index >= 15 is 0 Å². The van der Waals surface area contributed by atoms with Crippen LogP contribution in [-0.2, 0) is 11.3 Å². The van der Waals surface area contributed by atoms with Crippen LogP contribution in [0.2, 0.25) is 0 Å². The summed E-state index contributed by atoms with van der Waals surface area (Å²) >= 11 is 3.29. The molecule has 0 saturated carbocycles. The molecular weight excluding hydrogens is 286 g/mol. The van der Waals surface area contributed by atoms with Crippen LogP contribution >= 0.6 is 15.9 Å². The van der Waals surface area contributed by atoms with E-state index < -0.39 is 0 Å². The molecule has 17 heavy (non-hydrogen) atoms. The maximum Gasteiger partial charge on any atom is 0.283 e. The fourth-order valence-corrected chi connectivity index (χ4v) is 1.81. The first-order valence-corrected chi connectivity index (χ1v) is 6.57. The van der Waals surface area contributed by atoms with Gasteiger partial charge in [0.1, 0.15) is 4.47 Å². The zero-order chi connectivity index (χ0) is 12.7. The van der Waals surface area contributed by atoms with Crippen molar-refractivity contribution in [3.63, 3.8) is 0 Å². The first-order chi connectivity index (χ1) is 8.20. The van der Waals surface area contributed by atoms with E-state index in [0.717, 1.165) is 6.42 Å². The molecule has 0 aliphatic heterocycles. The lowest BCUT2D eigenvalue weighted by atomic mass is 10.4. The summed E-state index contributed by atoms with van der Waals surface area (Å²) in [6.45, 7) is 6.56. The highest BCUT2D eigenvalue weighted by Gasteiger charge is 2.07. The summed E-state index contributed by atoms with van der Waals surface area (Å²) in [6, 6.07) is 0. The third-order valence-corrected chi connectivity index (χ3v) is 2.95. The molecule has 0 amide bonds. The van der Waals surface area contributed by atoms with Crippen molar-refractivity contribution in [1.29, 1.82) is 0 Å². The van der Waals surface area contributed by atoms with Crippen LogP contribution < -0.4 is 10.9 Å². The minimum atomic E-state index is -0.103. The molecule has 1 heterocycles. The van der Waals surface area contributed by atoms with Gasteiger partial charge in [0.2, 0.25) is 0 Å². The standard InChI is InChI=1S/C11H18BrN3O2/c1-3-6-15-11(16)10(12)9(8-14-15)13-5-7-17-4-2/h8,13H,3-7H2,1-2H3. The first kappa shape index (κ1) is 14.2. The number of hydrogen-bond acceptors (Lipinski definition) is 4. The van der Waals surface area contributed by atoms with E-state index in [2.05, 4.69) is 26.3 Å². The normalized spacial score (nSPS) is 10.5. The zero-order valence-corrected chi connectivity index (χ0v) is 11.8. The van der Waals surface area contributed by atoms with Gasteiger partial charge in [-0.15, -0.1) is 0 Å². The number of rotatable bonds is 7. The molecule has 0 spiro atoms. The van der Waals surface area contributed by atoms with Crippen LogP contribution in [0.25, 0.3) is 0 Å². The molecule has 0 fully saturated rings. The van der Waals surface area contributed by atoms with E-state index in [1.165, 1.54) is 4.68 Å². The molecule has 0 radical (unpaired) electrons. The topological polar surface area (TPSA) is 56.1 Å². The van der Waals surface area contributed by atoms with E-state index in [1.807, 2.05) is 13.8 Å². The second kappa shape index (κ2) is 7.45. The van der Waals surface area contributed by atoms with Gasteiger partial charge < -0.3 is 10.1 Å². The summed E-state index contributed by atoms with van der Waals surface area (Å²) in [7, 11) is 0. The summed E-state index contributed by atoms with van der Waals surface area (Å²) in [5, 5.41) is 7.21. The lowest BCUT2D eigenvalue weighted by Crippen LogP contribution is -2.24. The number of nitrogens with zero attached hydrogens (tertiary/aromatic N) is 2. The Labute approximate surface area is 109 Å². The van der Waals surface area contributed by atoms with Crippen LogP contribution in [0.3, 0.4) is 0 Å². The Morgan fingerprint density at radius 2 is 2.29 bits per heavy atom. The van der Waals surface area contributed by atoms with E-state index in [4.69, 9.17) is 4.74 Å². The lowest BCUT2D eigenvalue weighted by Gasteiger charge is -2.09. The maximum absolute atomic E-state index is 11.9. The van der Waals surface area contributed by atoms with Crippen molar-refractivity contribution in [2.75, 3.05) is 25.1 Å². The van der Waals surface area contributed by atoms with Crippen LogP contribution in [0.15, 0.2) is 15.5 Å². The molecular formula is C11H18BrN3O2. The highest BCUT2D eigenvalue weighted by Crippen LogP contribution is 2.15. The Morgan fingerprint density at radius 1 is 1.53 bits per heavy atom. The summed E-state index contributed by atoms with van der Waals surface area (Å²) < 4.78 is 7.19. The minimum absolute atomic E-state index is 0.103. The third-order valence-electron chi connectivity index (χ3n) is 2.19. The van der Waals surface area contributed by atoms with Crippen LogP contribution in [0.4, 0.5) is 5.69 Å². The fraction of sp³-hybridized carbons (Fsp3) is 0.636. The van der Waals surface area contributed by atoms with Crippen molar-refractivity contribution in [2.45, 2.75) is 26.8 Å². The van der Waals surface area contributed by atoms with Gasteiger partial charge in [-0.2, -0.15) is 5.10 Å². The molecule has 1 aromatic heterocycles. The number of halogens is 1. The molecule has 1 aromatic rings. The Hall–Kier alpha value is -0.880. The number of nitrogens with one attached hydrogen (secondary N) is 1. The smallest absolute Gasteiger partial charge is 0.283 e. The minimum Gasteiger partial charge on any atom is -0.380 e. The summed E-state index contributed by atoms with van der Waals surface area (Å²) in [5.41, 5.74) is 0.607. The number of hydrogen-bond donors (Lipinski definition) is 1. The van der Waals surface area contributed by atoms with Gasteiger partial charge in [-0.25, -0.2) is 4.68 Å². The predicted molar refractivity (Wildman–Crippen MR) is 71.5 cm³/mol. The van der Waals surface area contributed by atoms with Crippen molar-refractivity contribution < 1.29 is 4.74 Å². The monoisotopic (exact) mass is 303 g/mol. The maximum atomic E-state index is 11.9. The van der Waals surface area contributed by atoms with Crippen molar-refractivity contribution >= 4 is 21.6 Å². The fourth-order valence-electron chi connectivity index (χ4n) is 1.36. The molecule has 0 aliphatic carbocycles. The summed E-state index contributed by atoms with van der Waals surface area (Å²) in [4.78, 5) is 11.9. The van der Waals surface area contributed by atoms with Gasteiger partial charge in [-0.1, -0.05) is 6.92 Å². The van der Waals surface area contributed by atoms with Crippen molar-refractivity contribution in [3.05, 3.63) is 21.0 Å². The van der Waals surface area contributed by atoms with Gasteiger partial charge in [0.15, 0.2) is 0 Å². The molecule has 0 aromatic carbocycles. The average molecular weight is 304 g/mol. The number of ether oxygens (including phenoxy) is 1. The SMILES string of the molecule is CCCn1ncc(NCCOCC)c(Br)c1=O. The summed E-state index contributed by atoms with van der Waals surface area (Å²) in [5.74, 6) is 0. The van der Waals surface area contributed by atoms with Gasteiger partial charge in [0.25, 0.3) is 5.56 Å². The number of anilines is 1. The zero-order valence-electron chi connectivity index (χ0n) is 10.2. The Balaban J connectivity index is 2.68. The van der Waals surface area contributed by atoms with Gasteiger partial charge in [-0.05, 0) is 29.3 Å². The van der Waals surface area contributed by atoms with Crippen molar-refractivity contribution in [1.82, 2.24) is 9.78 Å². The second-order valence-electron chi connectivity index (χ2n) is 3.52. The molecule has 96 valence electrons. The Bertz CT molecular complexity index is 406. The van der Waals surface area contributed by atoms with Crippen LogP contribution in [0.1, 0.15) is 20.3 Å². The van der Waals surface area contributed by atoms with E-state index in [0.29, 0.717) is 36.5 Å². The largest absolute Gasteiger partial charge is 0.380 e. The molecule has 1 rings (SSSR count). The van der Waals surface area contributed by atoms with E-state index in [-0.39, 0.29) is 5.56 Å². The Morgan fingerprint density at radius 3 is 2.94 bits per heavy atom. The van der Waals surface area contributed by atoms with Crippen molar-refractivity contribution in [2.24, 2.45) is 0 Å². The Kier molecular flexibility index (Phi) is 6.21. The summed E-state index contributed by atoms with van der Waals surface area (Å²) in [6.07, 6.45) is 2.55. The van der Waals surface area contributed by atoms with Crippen LogP contribution in [-0.4, -0.2) is 29.5 Å². The van der Waals surface area contributed by atoms with Crippen LogP contribution in [0, 0.1) is 0 Å². The van der Waals surface area contributed by atoms with E-state index in [1.54, 1.807) is 6.20 Å². The van der Waals surface area contributed by atoms with Gasteiger partial charge in [0, 0.05) is 19.7 Å². The predicted octanol–water partition coefficient (Wildman–Crippen LogP) is 1.86. The highest BCUT2D eigenvalue weighted by atomic mass is 79.9. The lowest BCUT2D eigenvalue weighted by molar-refractivity contribution is 0.158. The first-order valence-electron chi connectivity index (χ1n) is 5.77. The van der Waals surface area contributed by atoms with Gasteiger partial charge >= 0.3 is 0 Å². The molecule has 0 saturated heterocycles. The molecule has 1 N–H and O–H groups in total. The van der Waals surface area contributed by atoms with Gasteiger partial charge in [0.05, 0.1) is 18.5 Å². The second-order valence-corrected chi connectivity index (χ2v) is 4.32.